The van der Waals surface area contributed by atoms with Crippen molar-refractivity contribution in [1.82, 2.24) is 9.97 Å². The van der Waals surface area contributed by atoms with Gasteiger partial charge in [0.25, 0.3) is 0 Å². The van der Waals surface area contributed by atoms with Crippen molar-refractivity contribution in [3.8, 4) is 11.3 Å². The number of ether oxygens (including phenoxy) is 1. The number of carbonyl (C=O) groups excluding carboxylic acids is 1. The maximum atomic E-state index is 11.5. The van der Waals surface area contributed by atoms with Gasteiger partial charge in [-0.05, 0) is 24.7 Å². The van der Waals surface area contributed by atoms with Crippen molar-refractivity contribution in [2.24, 2.45) is 0 Å². The minimum Gasteiger partial charge on any atom is -0.466 e. The maximum Gasteiger partial charge on any atom is 0.311 e. The third kappa shape index (κ3) is 2.87. The van der Waals surface area contributed by atoms with Crippen LogP contribution in [-0.2, 0) is 16.0 Å². The van der Waals surface area contributed by atoms with Crippen LogP contribution in [0.5, 0.6) is 0 Å². The van der Waals surface area contributed by atoms with Crippen LogP contribution in [0.4, 0.5) is 0 Å². The molecule has 0 spiro atoms. The summed E-state index contributed by atoms with van der Waals surface area (Å²) in [6, 6.07) is 9.74. The van der Waals surface area contributed by atoms with E-state index in [-0.39, 0.29) is 12.4 Å². The second kappa shape index (κ2) is 5.64. The van der Waals surface area contributed by atoms with Gasteiger partial charge in [0.15, 0.2) is 4.77 Å². The van der Waals surface area contributed by atoms with E-state index in [0.29, 0.717) is 11.4 Å². The zero-order valence-electron chi connectivity index (χ0n) is 10.0. The van der Waals surface area contributed by atoms with E-state index >= 15 is 0 Å². The lowest BCUT2D eigenvalue weighted by molar-refractivity contribution is -0.142. The van der Waals surface area contributed by atoms with E-state index in [0.717, 1.165) is 17.0 Å². The summed E-state index contributed by atoms with van der Waals surface area (Å²) in [5, 5.41) is 0. The summed E-state index contributed by atoms with van der Waals surface area (Å²) in [4.78, 5) is 17.6. The number of H-pyrrole nitrogens is 2. The van der Waals surface area contributed by atoms with Crippen molar-refractivity contribution >= 4 is 18.2 Å². The van der Waals surface area contributed by atoms with Crippen LogP contribution in [0.15, 0.2) is 30.3 Å². The largest absolute Gasteiger partial charge is 0.466 e. The molecule has 0 saturated carbocycles. The zero-order valence-corrected chi connectivity index (χ0v) is 10.8. The summed E-state index contributed by atoms with van der Waals surface area (Å²) in [6.45, 7) is 2.17. The standard InChI is InChI=1S/C13H14N2O2S/c1-2-17-11(16)8-10-12(15-13(18)14-10)9-6-4-3-5-7-9/h3-7H,2,8H2,1H3,(H2,14,15,18). The van der Waals surface area contributed by atoms with Crippen LogP contribution in [0.1, 0.15) is 12.6 Å². The van der Waals surface area contributed by atoms with Crippen molar-refractivity contribution in [3.63, 3.8) is 0 Å². The SMILES string of the molecule is CCOC(=O)Cc1[nH]c(=S)[nH]c1-c1ccccc1. The van der Waals surface area contributed by atoms with Gasteiger partial charge in [0.1, 0.15) is 0 Å². The lowest BCUT2D eigenvalue weighted by Crippen LogP contribution is -2.08. The molecule has 0 aliphatic heterocycles. The van der Waals surface area contributed by atoms with Gasteiger partial charge in [-0.25, -0.2) is 0 Å². The highest BCUT2D eigenvalue weighted by Crippen LogP contribution is 2.21. The number of benzene rings is 1. The topological polar surface area (TPSA) is 57.9 Å². The summed E-state index contributed by atoms with van der Waals surface area (Å²) in [5.41, 5.74) is 2.59. The Balaban J connectivity index is 2.32. The molecule has 0 radical (unpaired) electrons. The molecular formula is C13H14N2O2S. The summed E-state index contributed by atoms with van der Waals surface area (Å²) in [6.07, 6.45) is 0.186. The Morgan fingerprint density at radius 3 is 2.67 bits per heavy atom. The third-order valence-electron chi connectivity index (χ3n) is 2.49. The predicted octanol–water partition coefficient (Wildman–Crippen LogP) is 2.84. The van der Waals surface area contributed by atoms with E-state index in [1.807, 2.05) is 30.3 Å². The van der Waals surface area contributed by atoms with Crippen molar-refractivity contribution in [1.29, 1.82) is 0 Å². The van der Waals surface area contributed by atoms with Crippen LogP contribution >= 0.6 is 12.2 Å². The average molecular weight is 262 g/mol. The summed E-state index contributed by atoms with van der Waals surface area (Å²) in [5.74, 6) is -0.264. The fraction of sp³-hybridized carbons (Fsp3) is 0.231. The van der Waals surface area contributed by atoms with Crippen molar-refractivity contribution in [2.45, 2.75) is 13.3 Å². The van der Waals surface area contributed by atoms with Gasteiger partial charge < -0.3 is 14.7 Å². The third-order valence-corrected chi connectivity index (χ3v) is 2.70. The van der Waals surface area contributed by atoms with Gasteiger partial charge in [0, 0.05) is 0 Å². The molecule has 0 aliphatic carbocycles. The number of hydrogen-bond donors (Lipinski definition) is 2. The highest BCUT2D eigenvalue weighted by atomic mass is 32.1. The van der Waals surface area contributed by atoms with Crippen LogP contribution in [-0.4, -0.2) is 22.5 Å². The van der Waals surface area contributed by atoms with Crippen molar-refractivity contribution in [3.05, 3.63) is 40.8 Å². The highest BCUT2D eigenvalue weighted by Gasteiger charge is 2.12. The Hall–Kier alpha value is -1.88. The zero-order chi connectivity index (χ0) is 13.0. The first kappa shape index (κ1) is 12.6. The minimum atomic E-state index is -0.264. The Kier molecular flexibility index (Phi) is 3.94. The number of aromatic amines is 2. The van der Waals surface area contributed by atoms with E-state index < -0.39 is 0 Å². The van der Waals surface area contributed by atoms with Crippen LogP contribution in [0.3, 0.4) is 0 Å². The van der Waals surface area contributed by atoms with Gasteiger partial charge >= 0.3 is 5.97 Å². The van der Waals surface area contributed by atoms with Gasteiger partial charge in [-0.15, -0.1) is 0 Å². The Bertz CT molecular complexity index is 587. The van der Waals surface area contributed by atoms with Crippen LogP contribution in [0, 0.1) is 4.77 Å². The number of imidazole rings is 1. The summed E-state index contributed by atoms with van der Waals surface area (Å²) < 4.78 is 5.45. The second-order valence-electron chi connectivity index (χ2n) is 3.78. The highest BCUT2D eigenvalue weighted by molar-refractivity contribution is 7.71. The molecule has 0 bridgehead atoms. The van der Waals surface area contributed by atoms with Crippen LogP contribution in [0.25, 0.3) is 11.3 Å². The molecule has 0 fully saturated rings. The predicted molar refractivity (Wildman–Crippen MR) is 71.8 cm³/mol. The molecule has 18 heavy (non-hydrogen) atoms. The Morgan fingerprint density at radius 1 is 1.28 bits per heavy atom. The molecule has 1 aromatic carbocycles. The molecule has 2 rings (SSSR count). The minimum absolute atomic E-state index is 0.186. The number of nitrogens with one attached hydrogen (secondary N) is 2. The second-order valence-corrected chi connectivity index (χ2v) is 4.19. The Morgan fingerprint density at radius 2 is 2.00 bits per heavy atom. The first-order valence-electron chi connectivity index (χ1n) is 5.73. The maximum absolute atomic E-state index is 11.5. The molecule has 1 aromatic heterocycles. The molecule has 1 heterocycles. The molecule has 2 N–H and O–H groups in total. The fourth-order valence-electron chi connectivity index (χ4n) is 1.76. The molecule has 94 valence electrons. The van der Waals surface area contributed by atoms with E-state index in [4.69, 9.17) is 17.0 Å². The molecule has 2 aromatic rings. The quantitative estimate of drug-likeness (QED) is 0.658. The van der Waals surface area contributed by atoms with E-state index in [2.05, 4.69) is 9.97 Å². The van der Waals surface area contributed by atoms with Crippen LogP contribution in [0.2, 0.25) is 0 Å². The van der Waals surface area contributed by atoms with Crippen molar-refractivity contribution < 1.29 is 9.53 Å². The summed E-state index contributed by atoms with van der Waals surface area (Å²) >= 11 is 5.07. The average Bonchev–Trinajstić information content (AvgIpc) is 2.71. The van der Waals surface area contributed by atoms with Crippen LogP contribution < -0.4 is 0 Å². The molecule has 4 nitrogen and oxygen atoms in total. The Labute approximate surface area is 110 Å². The lowest BCUT2D eigenvalue weighted by Gasteiger charge is -2.03. The number of rotatable bonds is 4. The summed E-state index contributed by atoms with van der Waals surface area (Å²) in [7, 11) is 0. The van der Waals surface area contributed by atoms with E-state index in [1.165, 1.54) is 0 Å². The van der Waals surface area contributed by atoms with Gasteiger partial charge in [0.2, 0.25) is 0 Å². The monoisotopic (exact) mass is 262 g/mol. The normalized spacial score (nSPS) is 10.3. The molecule has 0 saturated heterocycles. The molecule has 0 amide bonds. The smallest absolute Gasteiger partial charge is 0.311 e. The number of hydrogen-bond acceptors (Lipinski definition) is 3. The number of esters is 1. The molecular weight excluding hydrogens is 248 g/mol. The molecule has 0 aliphatic rings. The first-order valence-corrected chi connectivity index (χ1v) is 6.13. The van der Waals surface area contributed by atoms with Gasteiger partial charge in [-0.1, -0.05) is 30.3 Å². The van der Waals surface area contributed by atoms with Crippen molar-refractivity contribution in [2.75, 3.05) is 6.61 Å². The van der Waals surface area contributed by atoms with Gasteiger partial charge in [-0.3, -0.25) is 4.79 Å². The number of aromatic nitrogens is 2. The van der Waals surface area contributed by atoms with Gasteiger partial charge in [-0.2, -0.15) is 0 Å². The first-order chi connectivity index (χ1) is 8.70. The van der Waals surface area contributed by atoms with E-state index in [1.54, 1.807) is 6.92 Å². The molecule has 0 unspecified atom stereocenters. The number of carbonyl (C=O) groups is 1. The lowest BCUT2D eigenvalue weighted by atomic mass is 10.1. The van der Waals surface area contributed by atoms with E-state index in [9.17, 15) is 4.79 Å². The van der Waals surface area contributed by atoms with Gasteiger partial charge in [0.05, 0.1) is 24.4 Å². The molecule has 0 atom stereocenters. The molecule has 5 heteroatoms. The fourth-order valence-corrected chi connectivity index (χ4v) is 1.99.